The van der Waals surface area contributed by atoms with E-state index in [1.54, 1.807) is 0 Å². The molecule has 0 saturated carbocycles. The van der Waals surface area contributed by atoms with Crippen LogP contribution in [0.4, 0.5) is 0 Å². The van der Waals surface area contributed by atoms with Gasteiger partial charge in [0.05, 0.1) is 0 Å². The lowest BCUT2D eigenvalue weighted by molar-refractivity contribution is 0.795. The second kappa shape index (κ2) is 23.7. The molecule has 0 fully saturated rings. The van der Waals surface area contributed by atoms with Gasteiger partial charge in [-0.1, -0.05) is 43.7 Å². The summed E-state index contributed by atoms with van der Waals surface area (Å²) in [5.41, 5.74) is 15.0. The molecule has 6 N–H and O–H groups in total. The normalized spacial score (nSPS) is 7.19. The predicted molar refractivity (Wildman–Crippen MR) is 75.4 cm³/mol. The summed E-state index contributed by atoms with van der Waals surface area (Å²) in [6.45, 7) is 2.23. The van der Waals surface area contributed by atoms with E-state index in [1.807, 2.05) is 0 Å². The van der Waals surface area contributed by atoms with Crippen molar-refractivity contribution in [3.05, 3.63) is 35.9 Å². The van der Waals surface area contributed by atoms with Gasteiger partial charge in [0.2, 0.25) is 0 Å². The Labute approximate surface area is 101 Å². The zero-order valence-electron chi connectivity index (χ0n) is 11.2. The summed E-state index contributed by atoms with van der Waals surface area (Å²) in [6.07, 6.45) is 3.83. The molecule has 0 aliphatic rings. The maximum atomic E-state index is 4.50. The summed E-state index contributed by atoms with van der Waals surface area (Å²) < 4.78 is 0. The molecule has 3 nitrogen and oxygen atoms in total. The van der Waals surface area contributed by atoms with Gasteiger partial charge in [0, 0.05) is 0 Å². The second-order valence-corrected chi connectivity index (χ2v) is 2.59. The number of hydrogen-bond acceptors (Lipinski definition) is 3. The van der Waals surface area contributed by atoms with Gasteiger partial charge in [0.25, 0.3) is 0 Å². The molecule has 16 heavy (non-hydrogen) atoms. The summed E-state index contributed by atoms with van der Waals surface area (Å²) in [6, 6.07) is 10.6. The van der Waals surface area contributed by atoms with Crippen molar-refractivity contribution in [2.24, 2.45) is 17.2 Å². The van der Waals surface area contributed by atoms with Crippen LogP contribution in [0.3, 0.4) is 0 Å². The zero-order chi connectivity index (χ0) is 13.2. The van der Waals surface area contributed by atoms with Gasteiger partial charge < -0.3 is 17.2 Å². The van der Waals surface area contributed by atoms with E-state index in [2.05, 4.69) is 54.5 Å². The molecule has 0 spiro atoms. The lowest BCUT2D eigenvalue weighted by Gasteiger charge is -1.96. The maximum Gasteiger partial charge on any atom is -0.0195 e. The first-order valence-electron chi connectivity index (χ1n) is 5.70. The van der Waals surface area contributed by atoms with E-state index in [0.29, 0.717) is 0 Å². The molecular weight excluding hydrogens is 198 g/mol. The van der Waals surface area contributed by atoms with Crippen LogP contribution in [-0.2, 0) is 6.42 Å². The van der Waals surface area contributed by atoms with Gasteiger partial charge in [-0.05, 0) is 39.5 Å². The standard InChI is InChI=1S/C10H14.3CH5N/c1-2-3-7-10-8-5-4-6-9-10;3*1-2/h4-6,8-9H,2-3,7H2,1H3;3*2H2,1H3. The summed E-state index contributed by atoms with van der Waals surface area (Å²) >= 11 is 0. The molecule has 0 aromatic heterocycles. The van der Waals surface area contributed by atoms with E-state index < -0.39 is 0 Å². The first kappa shape index (κ1) is 20.5. The molecule has 0 atom stereocenters. The molecular formula is C13H29N3. The molecule has 0 aliphatic heterocycles. The molecule has 0 aliphatic carbocycles. The van der Waals surface area contributed by atoms with E-state index >= 15 is 0 Å². The topological polar surface area (TPSA) is 78.1 Å². The fourth-order valence-corrected chi connectivity index (χ4v) is 1.03. The molecule has 0 heterocycles. The lowest BCUT2D eigenvalue weighted by atomic mass is 10.1. The summed E-state index contributed by atoms with van der Waals surface area (Å²) in [5, 5.41) is 0. The number of rotatable bonds is 3. The third kappa shape index (κ3) is 15.6. The molecule has 0 unspecified atom stereocenters. The molecule has 3 heteroatoms. The van der Waals surface area contributed by atoms with Crippen LogP contribution in [0.25, 0.3) is 0 Å². The van der Waals surface area contributed by atoms with E-state index in [1.165, 1.54) is 46.0 Å². The van der Waals surface area contributed by atoms with Crippen LogP contribution < -0.4 is 17.2 Å². The Hall–Kier alpha value is -0.900. The average Bonchev–Trinajstić information content (AvgIpc) is 2.44. The quantitative estimate of drug-likeness (QED) is 0.736. The fourth-order valence-electron chi connectivity index (χ4n) is 1.03. The molecule has 0 saturated heterocycles. The van der Waals surface area contributed by atoms with Gasteiger partial charge in [0.1, 0.15) is 0 Å². The Bertz CT molecular complexity index is 176. The van der Waals surface area contributed by atoms with Crippen LogP contribution in [0.2, 0.25) is 0 Å². The minimum absolute atomic E-state index is 1.23. The smallest absolute Gasteiger partial charge is 0.0195 e. The Balaban J connectivity index is -0.000000245. The van der Waals surface area contributed by atoms with Crippen molar-refractivity contribution in [1.29, 1.82) is 0 Å². The third-order valence-electron chi connectivity index (χ3n) is 1.66. The van der Waals surface area contributed by atoms with Crippen LogP contribution in [0.15, 0.2) is 30.3 Å². The number of aryl methyl sites for hydroxylation is 1. The Morgan fingerprint density at radius 1 is 0.812 bits per heavy atom. The van der Waals surface area contributed by atoms with Gasteiger partial charge in [-0.2, -0.15) is 0 Å². The molecule has 1 rings (SSSR count). The molecule has 0 amide bonds. The summed E-state index contributed by atoms with van der Waals surface area (Å²) in [5.74, 6) is 0. The number of benzene rings is 1. The first-order valence-corrected chi connectivity index (χ1v) is 5.70. The van der Waals surface area contributed by atoms with E-state index in [9.17, 15) is 0 Å². The summed E-state index contributed by atoms with van der Waals surface area (Å²) in [4.78, 5) is 0. The monoisotopic (exact) mass is 227 g/mol. The fraction of sp³-hybridized carbons (Fsp3) is 0.538. The molecule has 0 radical (unpaired) electrons. The number of nitrogens with two attached hydrogens (primary N) is 3. The Kier molecular flexibility index (Phi) is 30.4. The van der Waals surface area contributed by atoms with Crippen molar-refractivity contribution < 1.29 is 0 Å². The van der Waals surface area contributed by atoms with Gasteiger partial charge in [-0.25, -0.2) is 0 Å². The van der Waals surface area contributed by atoms with Crippen LogP contribution in [0.1, 0.15) is 25.3 Å². The van der Waals surface area contributed by atoms with Crippen molar-refractivity contribution in [3.63, 3.8) is 0 Å². The summed E-state index contributed by atoms with van der Waals surface area (Å²) in [7, 11) is 4.50. The van der Waals surface area contributed by atoms with E-state index in [-0.39, 0.29) is 0 Å². The molecule has 1 aromatic carbocycles. The van der Waals surface area contributed by atoms with E-state index in [4.69, 9.17) is 0 Å². The van der Waals surface area contributed by atoms with Crippen molar-refractivity contribution in [3.8, 4) is 0 Å². The highest BCUT2D eigenvalue weighted by atomic mass is 14.4. The van der Waals surface area contributed by atoms with E-state index in [0.717, 1.165) is 0 Å². The van der Waals surface area contributed by atoms with Crippen LogP contribution in [-0.4, -0.2) is 21.1 Å². The minimum Gasteiger partial charge on any atom is -0.333 e. The van der Waals surface area contributed by atoms with Crippen LogP contribution in [0, 0.1) is 0 Å². The number of hydrogen-bond donors (Lipinski definition) is 3. The zero-order valence-corrected chi connectivity index (χ0v) is 11.2. The highest BCUT2D eigenvalue weighted by molar-refractivity contribution is 5.14. The first-order chi connectivity index (χ1) is 7.93. The van der Waals surface area contributed by atoms with Crippen molar-refractivity contribution in [2.75, 3.05) is 21.1 Å². The predicted octanol–water partition coefficient (Wildman–Crippen LogP) is 1.75. The van der Waals surface area contributed by atoms with Gasteiger partial charge in [0.15, 0.2) is 0 Å². The van der Waals surface area contributed by atoms with Gasteiger partial charge in [-0.3, -0.25) is 0 Å². The average molecular weight is 227 g/mol. The highest BCUT2D eigenvalue weighted by Gasteiger charge is 1.87. The second-order valence-electron chi connectivity index (χ2n) is 2.59. The SMILES string of the molecule is CCCCc1ccccc1.CN.CN.CN. The highest BCUT2D eigenvalue weighted by Crippen LogP contribution is 2.03. The number of unbranched alkanes of at least 4 members (excludes halogenated alkanes) is 1. The van der Waals surface area contributed by atoms with Crippen molar-refractivity contribution >= 4 is 0 Å². The van der Waals surface area contributed by atoms with Gasteiger partial charge >= 0.3 is 0 Å². The molecule has 1 aromatic rings. The Morgan fingerprint density at radius 3 is 1.62 bits per heavy atom. The van der Waals surface area contributed by atoms with Crippen LogP contribution in [0.5, 0.6) is 0 Å². The Morgan fingerprint density at radius 2 is 1.25 bits per heavy atom. The largest absolute Gasteiger partial charge is 0.333 e. The maximum absolute atomic E-state index is 4.50. The van der Waals surface area contributed by atoms with Crippen LogP contribution >= 0.6 is 0 Å². The molecule has 96 valence electrons. The van der Waals surface area contributed by atoms with Gasteiger partial charge in [-0.15, -0.1) is 0 Å². The van der Waals surface area contributed by atoms with Crippen molar-refractivity contribution in [1.82, 2.24) is 0 Å². The minimum atomic E-state index is 1.23. The third-order valence-corrected chi connectivity index (χ3v) is 1.66. The molecule has 0 bridgehead atoms. The lowest BCUT2D eigenvalue weighted by Crippen LogP contribution is -1.81. The van der Waals surface area contributed by atoms with Crippen molar-refractivity contribution in [2.45, 2.75) is 26.2 Å².